The maximum absolute atomic E-state index is 12.3. The number of hydrogen-bond acceptors (Lipinski definition) is 9. The number of esters is 1. The van der Waals surface area contributed by atoms with Gasteiger partial charge < -0.3 is 15.8 Å². The molecular weight excluding hydrogens is 442 g/mol. The number of carbonyl (C=O) groups excluding carboxylic acids is 1. The Balaban J connectivity index is 1.56. The van der Waals surface area contributed by atoms with E-state index in [1.807, 2.05) is 6.92 Å². The van der Waals surface area contributed by atoms with Crippen LogP contribution in [0.5, 0.6) is 0 Å². The zero-order valence-corrected chi connectivity index (χ0v) is 18.2. The number of hydrogen-bond donors (Lipinski definition) is 2. The van der Waals surface area contributed by atoms with E-state index in [9.17, 15) is 13.2 Å². The van der Waals surface area contributed by atoms with Crippen molar-refractivity contribution in [1.82, 2.24) is 15.0 Å². The summed E-state index contributed by atoms with van der Waals surface area (Å²) in [6.07, 6.45) is -0.299. The van der Waals surface area contributed by atoms with Gasteiger partial charge in [0.25, 0.3) is 0 Å². The number of nitrogens with one attached hydrogen (secondary N) is 1. The number of nitrogens with two attached hydrogens (primary N) is 1. The molecule has 9 nitrogen and oxygen atoms in total. The maximum atomic E-state index is 12.3. The fourth-order valence-electron chi connectivity index (χ4n) is 2.52. The van der Waals surface area contributed by atoms with Gasteiger partial charge in [-0.25, -0.2) is 8.42 Å². The van der Waals surface area contributed by atoms with Crippen molar-refractivity contribution in [2.24, 2.45) is 0 Å². The smallest absolute Gasteiger partial charge is 0.307 e. The normalized spacial score (nSPS) is 11.2. The lowest BCUT2D eigenvalue weighted by Gasteiger charge is -2.08. The van der Waals surface area contributed by atoms with Gasteiger partial charge in [-0.1, -0.05) is 29.3 Å². The lowest BCUT2D eigenvalue weighted by Crippen LogP contribution is -2.15. The molecule has 162 valence electrons. The largest absolute Gasteiger partial charge is 0.457 e. The highest BCUT2D eigenvalue weighted by Gasteiger charge is 2.17. The minimum Gasteiger partial charge on any atom is -0.457 e. The van der Waals surface area contributed by atoms with Crippen LogP contribution in [0.3, 0.4) is 0 Å². The first-order chi connectivity index (χ1) is 14.7. The van der Waals surface area contributed by atoms with Crippen molar-refractivity contribution in [3.63, 3.8) is 0 Å². The number of nitrogens with zero attached hydrogens (tertiary/aromatic N) is 3. The molecule has 1 aromatic heterocycles. The van der Waals surface area contributed by atoms with Crippen LogP contribution in [0.2, 0.25) is 5.02 Å². The zero-order chi connectivity index (χ0) is 22.4. The number of rotatable bonds is 8. The first-order valence-corrected chi connectivity index (χ1v) is 11.2. The number of aromatic nitrogens is 3. The summed E-state index contributed by atoms with van der Waals surface area (Å²) in [6.45, 7) is 1.59. The molecule has 3 aromatic rings. The molecule has 0 unspecified atom stereocenters. The van der Waals surface area contributed by atoms with Crippen molar-refractivity contribution in [3.05, 3.63) is 64.9 Å². The number of benzene rings is 2. The Hall–Kier alpha value is -3.24. The first kappa shape index (κ1) is 22.4. The highest BCUT2D eigenvalue weighted by atomic mass is 35.5. The third kappa shape index (κ3) is 6.63. The molecule has 0 spiro atoms. The van der Waals surface area contributed by atoms with E-state index in [1.54, 1.807) is 36.4 Å². The van der Waals surface area contributed by atoms with Gasteiger partial charge in [-0.3, -0.25) is 4.79 Å². The van der Waals surface area contributed by atoms with Crippen molar-refractivity contribution >= 4 is 45.0 Å². The van der Waals surface area contributed by atoms with E-state index >= 15 is 0 Å². The maximum Gasteiger partial charge on any atom is 0.307 e. The molecule has 2 aromatic carbocycles. The van der Waals surface area contributed by atoms with Crippen molar-refractivity contribution in [1.29, 1.82) is 0 Å². The van der Waals surface area contributed by atoms with E-state index in [0.717, 1.165) is 5.56 Å². The van der Waals surface area contributed by atoms with Crippen LogP contribution in [0.4, 0.5) is 17.6 Å². The Kier molecular flexibility index (Phi) is 7.03. The molecule has 0 radical (unpaired) electrons. The molecule has 0 aliphatic rings. The van der Waals surface area contributed by atoms with E-state index in [0.29, 0.717) is 10.7 Å². The fourth-order valence-corrected chi connectivity index (χ4v) is 3.87. The molecule has 11 heteroatoms. The first-order valence-electron chi connectivity index (χ1n) is 9.19. The second kappa shape index (κ2) is 9.71. The number of anilines is 3. The Labute approximate surface area is 184 Å². The standard InChI is InChI=1S/C20H20ClN5O4S/c1-13-2-8-16(9-3-13)31(28,29)11-10-18(27)30-12-17-24-19(22)26-20(25-17)23-15-6-4-14(21)5-7-15/h2-9H,10-12H2,1H3,(H3,22,23,24,25,26). The molecule has 0 aliphatic carbocycles. The molecule has 0 saturated carbocycles. The lowest BCUT2D eigenvalue weighted by molar-refractivity contribution is -0.144. The number of aryl methyl sites for hydroxylation is 1. The van der Waals surface area contributed by atoms with Gasteiger partial charge in [-0.15, -0.1) is 0 Å². The number of nitrogen functional groups attached to an aromatic ring is 1. The summed E-state index contributed by atoms with van der Waals surface area (Å²) in [5.74, 6) is -0.819. The lowest BCUT2D eigenvalue weighted by atomic mass is 10.2. The van der Waals surface area contributed by atoms with Crippen molar-refractivity contribution in [3.8, 4) is 0 Å². The molecule has 0 amide bonds. The van der Waals surface area contributed by atoms with E-state index < -0.39 is 15.8 Å². The van der Waals surface area contributed by atoms with Gasteiger partial charge >= 0.3 is 5.97 Å². The summed E-state index contributed by atoms with van der Waals surface area (Å²) < 4.78 is 29.8. The second-order valence-electron chi connectivity index (χ2n) is 6.61. The van der Waals surface area contributed by atoms with Crippen LogP contribution < -0.4 is 11.1 Å². The molecule has 1 heterocycles. The Morgan fingerprint density at radius 2 is 1.74 bits per heavy atom. The van der Waals surface area contributed by atoms with E-state index in [1.165, 1.54) is 12.1 Å². The van der Waals surface area contributed by atoms with Crippen LogP contribution in [-0.4, -0.2) is 35.1 Å². The van der Waals surface area contributed by atoms with Crippen molar-refractivity contribution in [2.45, 2.75) is 24.8 Å². The average molecular weight is 462 g/mol. The van der Waals surface area contributed by atoms with Gasteiger partial charge in [-0.2, -0.15) is 15.0 Å². The van der Waals surface area contributed by atoms with Crippen molar-refractivity contribution in [2.75, 3.05) is 16.8 Å². The van der Waals surface area contributed by atoms with Gasteiger partial charge in [0.1, 0.15) is 0 Å². The van der Waals surface area contributed by atoms with Gasteiger partial charge in [0.15, 0.2) is 22.3 Å². The average Bonchev–Trinajstić information content (AvgIpc) is 2.72. The Morgan fingerprint density at radius 3 is 2.42 bits per heavy atom. The molecule has 0 bridgehead atoms. The van der Waals surface area contributed by atoms with E-state index in [-0.39, 0.29) is 41.4 Å². The minimum atomic E-state index is -3.59. The minimum absolute atomic E-state index is 0.0561. The molecule has 3 rings (SSSR count). The number of carbonyl (C=O) groups is 1. The third-order valence-corrected chi connectivity index (χ3v) is 6.10. The fraction of sp³-hybridized carbons (Fsp3) is 0.200. The molecule has 0 fully saturated rings. The van der Waals surface area contributed by atoms with Crippen LogP contribution in [0.1, 0.15) is 17.8 Å². The van der Waals surface area contributed by atoms with E-state index in [2.05, 4.69) is 20.3 Å². The summed E-state index contributed by atoms with van der Waals surface area (Å²) >= 11 is 5.86. The topological polar surface area (TPSA) is 137 Å². The third-order valence-electron chi connectivity index (χ3n) is 4.12. The SMILES string of the molecule is Cc1ccc(S(=O)(=O)CCC(=O)OCc2nc(N)nc(Nc3ccc(Cl)cc3)n2)cc1. The predicted molar refractivity (Wildman–Crippen MR) is 117 cm³/mol. The van der Waals surface area contributed by atoms with Crippen molar-refractivity contribution < 1.29 is 17.9 Å². The Morgan fingerprint density at radius 1 is 1.06 bits per heavy atom. The predicted octanol–water partition coefficient (Wildman–Crippen LogP) is 3.07. The molecule has 3 N–H and O–H groups in total. The monoisotopic (exact) mass is 461 g/mol. The molecule has 0 atom stereocenters. The second-order valence-corrected chi connectivity index (χ2v) is 9.15. The zero-order valence-electron chi connectivity index (χ0n) is 16.6. The number of sulfone groups is 1. The van der Waals surface area contributed by atoms with Gasteiger partial charge in [0.2, 0.25) is 11.9 Å². The summed E-state index contributed by atoms with van der Waals surface area (Å²) in [5, 5.41) is 3.53. The summed E-state index contributed by atoms with van der Waals surface area (Å²) in [4.78, 5) is 24.2. The molecule has 0 aliphatic heterocycles. The summed E-state index contributed by atoms with van der Waals surface area (Å²) in [7, 11) is -3.59. The van der Waals surface area contributed by atoms with Crippen LogP contribution in [0, 0.1) is 6.92 Å². The summed E-state index contributed by atoms with van der Waals surface area (Å²) in [5.41, 5.74) is 7.32. The number of halogens is 1. The quantitative estimate of drug-likeness (QED) is 0.484. The molecular formula is C20H20ClN5O4S. The Bertz CT molecular complexity index is 1170. The highest BCUT2D eigenvalue weighted by molar-refractivity contribution is 7.91. The van der Waals surface area contributed by atoms with Crippen LogP contribution in [0.15, 0.2) is 53.4 Å². The van der Waals surface area contributed by atoms with Gasteiger partial charge in [0, 0.05) is 10.7 Å². The van der Waals surface area contributed by atoms with Gasteiger partial charge in [-0.05, 0) is 43.3 Å². The van der Waals surface area contributed by atoms with Gasteiger partial charge in [0.05, 0.1) is 17.1 Å². The van der Waals surface area contributed by atoms with Crippen LogP contribution in [-0.2, 0) is 26.0 Å². The molecule has 0 saturated heterocycles. The number of ether oxygens (including phenoxy) is 1. The highest BCUT2D eigenvalue weighted by Crippen LogP contribution is 2.17. The van der Waals surface area contributed by atoms with E-state index in [4.69, 9.17) is 22.1 Å². The van der Waals surface area contributed by atoms with Crippen LogP contribution >= 0.6 is 11.6 Å². The molecule has 31 heavy (non-hydrogen) atoms. The van der Waals surface area contributed by atoms with Crippen LogP contribution in [0.25, 0.3) is 0 Å². The summed E-state index contributed by atoms with van der Waals surface area (Å²) in [6, 6.07) is 13.3.